The molecule has 94 heavy (non-hydrogen) atoms. The molecule has 570 valence electrons. The number of likely N-dealkylation sites (tertiary alicyclic amines) is 2. The second kappa shape index (κ2) is 47.7. The molecule has 10 rings (SSSR count). The van der Waals surface area contributed by atoms with Gasteiger partial charge in [0.2, 0.25) is 0 Å². The average Bonchev–Trinajstić information content (AvgIpc) is 1.65. The van der Waals surface area contributed by atoms with Crippen molar-refractivity contribution in [2.75, 3.05) is 60.4 Å². The standard InChI is InChI=1S/C9H19N.C7H15N.5C7H14.C6H10F2.C6H11F.C6H15N.C6H12O.C6H14O.C5H12/c1-9(2)8-10-6-4-3-5-7-10;1-6(2)7-4-8(3)5-7;5*1-5(2)7-4-6(7)3;1-4(2)5-3-6(5,7)8;1-5(2)6(7)3-4-6;1-6(2)5-7(3)4;1-5(2)6(7)3-4-6;1-5(2)6(3,4)7;1-4-5(2)3/h9H,3-8H2,1-2H3;6-7H,4-5H2,1-3H3;5*5-7H,4H2,1-3H3;4-5H,3H2,1-2H3;5H,3-4H2,1-2H3;6H,5H2,1-4H3;5,7H,3-4H2,1-2H3;5,7H,1-4H3;5H,4H2,1-3H3/t;;2*6-,7+;2*6-,7-;;;;;;;/m..1010......./s1. The molecule has 5 nitrogen and oxygen atoms in total. The fourth-order valence-corrected chi connectivity index (χ4v) is 12.3. The molecule has 8 aliphatic carbocycles. The molecule has 2 aliphatic heterocycles. The summed E-state index contributed by atoms with van der Waals surface area (Å²) in [6.07, 6.45) is 16.8. The van der Waals surface area contributed by atoms with Gasteiger partial charge in [-0.15, -0.1) is 0 Å². The van der Waals surface area contributed by atoms with Crippen LogP contribution in [0.4, 0.5) is 13.2 Å². The lowest BCUT2D eigenvalue weighted by Crippen LogP contribution is -2.46. The smallest absolute Gasteiger partial charge is 0.251 e. The van der Waals surface area contributed by atoms with Crippen molar-refractivity contribution in [2.45, 2.75) is 348 Å². The summed E-state index contributed by atoms with van der Waals surface area (Å²) in [6.45, 7) is 82.3. The molecule has 0 bridgehead atoms. The van der Waals surface area contributed by atoms with Crippen molar-refractivity contribution in [3.8, 4) is 0 Å². The quantitative estimate of drug-likeness (QED) is 0.171. The normalized spacial score (nSPS) is 28.0. The molecular weight excluding hydrogens is 1160 g/mol. The van der Waals surface area contributed by atoms with E-state index in [1.54, 1.807) is 0 Å². The zero-order valence-corrected chi connectivity index (χ0v) is 70.9. The first-order chi connectivity index (χ1) is 42.7. The summed E-state index contributed by atoms with van der Waals surface area (Å²) in [5, 5.41) is 18.3. The van der Waals surface area contributed by atoms with Crippen molar-refractivity contribution < 1.29 is 23.4 Å². The van der Waals surface area contributed by atoms with Gasteiger partial charge in [-0.2, -0.15) is 0 Å². The molecule has 8 heteroatoms. The van der Waals surface area contributed by atoms with Crippen LogP contribution in [0, 0.1) is 148 Å². The molecule has 0 amide bonds. The van der Waals surface area contributed by atoms with E-state index in [4.69, 9.17) is 5.11 Å². The third-order valence-electron chi connectivity index (χ3n) is 22.5. The molecular formula is C86H178F3N3O2. The minimum atomic E-state index is -2.31. The van der Waals surface area contributed by atoms with Crippen molar-refractivity contribution in [3.63, 3.8) is 0 Å². The summed E-state index contributed by atoms with van der Waals surface area (Å²) < 4.78 is 36.7. The molecule has 10 aliphatic rings. The van der Waals surface area contributed by atoms with E-state index in [0.29, 0.717) is 11.8 Å². The molecule has 0 aromatic heterocycles. The Labute approximate surface area is 591 Å². The zero-order valence-electron chi connectivity index (χ0n) is 70.9. The molecule has 0 aromatic carbocycles. The lowest BCUT2D eigenvalue weighted by Gasteiger charge is -2.38. The first-order valence-corrected chi connectivity index (χ1v) is 40.3. The highest BCUT2D eigenvalue weighted by atomic mass is 19.3. The Hall–Kier alpha value is -0.410. The monoisotopic (exact) mass is 1340 g/mol. The Kier molecular flexibility index (Phi) is 49.6. The van der Waals surface area contributed by atoms with Gasteiger partial charge in [0.1, 0.15) is 5.67 Å². The van der Waals surface area contributed by atoms with Gasteiger partial charge in [0.05, 0.1) is 11.2 Å². The summed E-state index contributed by atoms with van der Waals surface area (Å²) in [5.41, 5.74) is -1.50. The Morgan fingerprint density at radius 1 is 0.468 bits per heavy atom. The lowest BCUT2D eigenvalue weighted by atomic mass is 9.89. The van der Waals surface area contributed by atoms with Crippen molar-refractivity contribution in [1.29, 1.82) is 0 Å². The number of nitrogens with zero attached hydrogens (tertiary/aromatic N) is 3. The van der Waals surface area contributed by atoms with E-state index < -0.39 is 17.2 Å². The van der Waals surface area contributed by atoms with E-state index in [1.165, 1.54) is 97.1 Å². The Morgan fingerprint density at radius 2 is 0.755 bits per heavy atom. The van der Waals surface area contributed by atoms with Gasteiger partial charge in [0.25, 0.3) is 5.92 Å². The minimum Gasteiger partial charge on any atom is -0.390 e. The van der Waals surface area contributed by atoms with E-state index in [0.717, 1.165) is 144 Å². The van der Waals surface area contributed by atoms with Crippen LogP contribution in [0.25, 0.3) is 0 Å². The second-order valence-corrected chi connectivity index (χ2v) is 38.1. The first kappa shape index (κ1) is 97.8. The van der Waals surface area contributed by atoms with Crippen LogP contribution in [0.1, 0.15) is 325 Å². The van der Waals surface area contributed by atoms with E-state index in [9.17, 15) is 18.3 Å². The number of alkyl halides is 3. The number of rotatable bonds is 15. The molecule has 10 fully saturated rings. The zero-order chi connectivity index (χ0) is 74.3. The molecule has 8 saturated carbocycles. The summed E-state index contributed by atoms with van der Waals surface area (Å²) in [4.78, 5) is 7.16. The number of hydrogen-bond acceptors (Lipinski definition) is 5. The lowest BCUT2D eigenvalue weighted by molar-refractivity contribution is 0.0327. The first-order valence-electron chi connectivity index (χ1n) is 40.3. The van der Waals surface area contributed by atoms with Crippen molar-refractivity contribution in [1.82, 2.24) is 14.7 Å². The SMILES string of the molecule is CC(C)C(C)(C)O.CC(C)C1(F)CC1.CC(C)C1(O)CC1.CC(C)C1CC1(F)F.CC(C)C1CC1C.CC(C)C1CN(C)C1.CC(C)CN(C)C.CC(C)CN1CCCCC1.CC(C)[C@@H]1C[C@@H]1C.CC(C)[C@@H]1C[C@H]1C.CC(C)[C@H]1C[C@@H]1C.CC(C)[C@H]1C[C@H]1C.CCC(C)C. The van der Waals surface area contributed by atoms with Crippen LogP contribution < -0.4 is 0 Å². The van der Waals surface area contributed by atoms with Crippen molar-refractivity contribution in [3.05, 3.63) is 0 Å². The van der Waals surface area contributed by atoms with Gasteiger partial charge in [-0.3, -0.25) is 0 Å². The maximum absolute atomic E-state index is 12.6. The third kappa shape index (κ3) is 51.7. The van der Waals surface area contributed by atoms with Crippen LogP contribution in [0.15, 0.2) is 0 Å². The number of halogens is 3. The molecule has 11 atom stereocenters. The topological polar surface area (TPSA) is 50.2 Å². The highest BCUT2D eigenvalue weighted by Gasteiger charge is 2.58. The van der Waals surface area contributed by atoms with E-state index >= 15 is 0 Å². The van der Waals surface area contributed by atoms with Gasteiger partial charge in [-0.05, 0) is 267 Å². The van der Waals surface area contributed by atoms with Gasteiger partial charge >= 0.3 is 0 Å². The van der Waals surface area contributed by atoms with E-state index in [-0.39, 0.29) is 29.8 Å². The van der Waals surface area contributed by atoms with E-state index in [2.05, 4.69) is 216 Å². The fourth-order valence-electron chi connectivity index (χ4n) is 12.3. The highest BCUT2D eigenvalue weighted by molar-refractivity contribution is 4.97. The summed E-state index contributed by atoms with van der Waals surface area (Å²) in [7, 11) is 6.37. The molecule has 0 aromatic rings. The van der Waals surface area contributed by atoms with Crippen LogP contribution >= 0.6 is 0 Å². The summed E-state index contributed by atoms with van der Waals surface area (Å²) in [6, 6.07) is 0. The van der Waals surface area contributed by atoms with Crippen LogP contribution in [0.3, 0.4) is 0 Å². The number of piperidine rings is 1. The largest absolute Gasteiger partial charge is 0.390 e. The predicted molar refractivity (Wildman–Crippen MR) is 416 cm³/mol. The molecule has 2 saturated heterocycles. The van der Waals surface area contributed by atoms with Crippen molar-refractivity contribution in [2.24, 2.45) is 148 Å². The van der Waals surface area contributed by atoms with Gasteiger partial charge in [0, 0.05) is 32.0 Å². The Morgan fingerprint density at radius 3 is 0.819 bits per heavy atom. The van der Waals surface area contributed by atoms with E-state index in [1.807, 2.05) is 55.4 Å². The Bertz CT molecular complexity index is 1620. The van der Waals surface area contributed by atoms with Crippen LogP contribution in [0.2, 0.25) is 0 Å². The number of aliphatic hydroxyl groups is 2. The van der Waals surface area contributed by atoms with Crippen molar-refractivity contribution >= 4 is 0 Å². The molecule has 0 radical (unpaired) electrons. The fraction of sp³-hybridized carbons (Fsp3) is 1.00. The predicted octanol–water partition coefficient (Wildman–Crippen LogP) is 25.1. The molecule has 2 heterocycles. The summed E-state index contributed by atoms with van der Waals surface area (Å²) >= 11 is 0. The highest BCUT2D eigenvalue weighted by Crippen LogP contribution is 2.53. The second-order valence-electron chi connectivity index (χ2n) is 38.1. The van der Waals surface area contributed by atoms with Gasteiger partial charge in [-0.1, -0.05) is 234 Å². The number of hydrogen-bond donors (Lipinski definition) is 2. The van der Waals surface area contributed by atoms with Gasteiger partial charge < -0.3 is 24.9 Å². The minimum absolute atomic E-state index is 0.116. The maximum atomic E-state index is 12.6. The third-order valence-corrected chi connectivity index (χ3v) is 22.5. The maximum Gasteiger partial charge on any atom is 0.251 e. The van der Waals surface area contributed by atoms with Gasteiger partial charge in [0.15, 0.2) is 0 Å². The molecule has 0 spiro atoms. The molecule has 2 N–H and O–H groups in total. The summed E-state index contributed by atoms with van der Waals surface area (Å²) in [5.74, 6) is 18.3. The molecule has 3 unspecified atom stereocenters. The Balaban J connectivity index is -0.000000957. The van der Waals surface area contributed by atoms with Crippen LogP contribution in [-0.4, -0.2) is 108 Å². The van der Waals surface area contributed by atoms with Gasteiger partial charge in [-0.25, -0.2) is 13.2 Å². The van der Waals surface area contributed by atoms with Crippen LogP contribution in [0.5, 0.6) is 0 Å². The van der Waals surface area contributed by atoms with Crippen LogP contribution in [-0.2, 0) is 0 Å². The average molecular weight is 1340 g/mol.